The first kappa shape index (κ1) is 13.3. The van der Waals surface area contributed by atoms with Gasteiger partial charge in [-0.05, 0) is 12.1 Å². The van der Waals surface area contributed by atoms with E-state index in [1.54, 1.807) is 12.3 Å². The molecule has 2 rings (SSSR count). The third-order valence-corrected chi connectivity index (χ3v) is 3.38. The van der Waals surface area contributed by atoms with E-state index >= 15 is 0 Å². The molecular formula is C10H12ClN3O3S. The normalized spacial score (nSPS) is 12.1. The Bertz CT molecular complexity index is 653. The molecule has 0 atom stereocenters. The second kappa shape index (κ2) is 5.21. The van der Waals surface area contributed by atoms with E-state index in [1.807, 2.05) is 6.07 Å². The van der Waals surface area contributed by atoms with Crippen LogP contribution in [0.5, 0.6) is 0 Å². The molecule has 2 heterocycles. The number of ether oxygens (including phenoxy) is 1. The van der Waals surface area contributed by atoms with Gasteiger partial charge in [-0.25, -0.2) is 18.1 Å². The molecule has 0 fully saturated rings. The van der Waals surface area contributed by atoms with Crippen molar-refractivity contribution in [1.29, 1.82) is 0 Å². The molecule has 2 aromatic rings. The van der Waals surface area contributed by atoms with Gasteiger partial charge in [-0.2, -0.15) is 5.10 Å². The van der Waals surface area contributed by atoms with Crippen LogP contribution in [0.3, 0.4) is 0 Å². The number of nitrogens with zero attached hydrogens (tertiary/aromatic N) is 3. The summed E-state index contributed by atoms with van der Waals surface area (Å²) < 4.78 is 28.6. The second-order valence-electron chi connectivity index (χ2n) is 3.86. The molecule has 0 aliphatic rings. The summed E-state index contributed by atoms with van der Waals surface area (Å²) >= 11 is 5.80. The molecule has 98 valence electrons. The molecule has 0 amide bonds. The van der Waals surface area contributed by atoms with Gasteiger partial charge < -0.3 is 4.74 Å². The zero-order chi connectivity index (χ0) is 13.2. The maximum atomic E-state index is 10.9. The molecule has 6 nitrogen and oxygen atoms in total. The van der Waals surface area contributed by atoms with E-state index in [0.29, 0.717) is 10.8 Å². The fourth-order valence-electron chi connectivity index (χ4n) is 1.39. The quantitative estimate of drug-likeness (QED) is 0.609. The predicted octanol–water partition coefficient (Wildman–Crippen LogP) is 1.10. The molecule has 0 aliphatic heterocycles. The first-order valence-corrected chi connectivity index (χ1v) is 7.63. The highest BCUT2D eigenvalue weighted by Gasteiger charge is 2.06. The maximum Gasteiger partial charge on any atom is 0.161 e. The fourth-order valence-corrected chi connectivity index (χ4v) is 1.95. The fraction of sp³-hybridized carbons (Fsp3) is 0.400. The zero-order valence-corrected chi connectivity index (χ0v) is 11.3. The molecule has 0 spiro atoms. The van der Waals surface area contributed by atoms with Crippen LogP contribution in [-0.4, -0.2) is 41.8 Å². The molecule has 0 N–H and O–H groups in total. The number of aromatic nitrogens is 3. The summed E-state index contributed by atoms with van der Waals surface area (Å²) in [5.74, 6) is -0.0135. The zero-order valence-electron chi connectivity index (χ0n) is 9.71. The van der Waals surface area contributed by atoms with Crippen LogP contribution >= 0.6 is 11.6 Å². The van der Waals surface area contributed by atoms with E-state index in [0.717, 1.165) is 5.39 Å². The number of pyridine rings is 1. The number of halogens is 1. The SMILES string of the molecule is CS(=O)(=O)CCOCn1ncc2ccc(Cl)nc21. The number of hydrogen-bond acceptors (Lipinski definition) is 5. The first-order chi connectivity index (χ1) is 8.46. The van der Waals surface area contributed by atoms with Crippen molar-refractivity contribution in [1.82, 2.24) is 14.8 Å². The minimum absolute atomic E-state index is 0.0135. The van der Waals surface area contributed by atoms with Crippen molar-refractivity contribution in [2.45, 2.75) is 6.73 Å². The van der Waals surface area contributed by atoms with Gasteiger partial charge in [0.25, 0.3) is 0 Å². The van der Waals surface area contributed by atoms with Crippen LogP contribution in [0.1, 0.15) is 0 Å². The molecule has 18 heavy (non-hydrogen) atoms. The van der Waals surface area contributed by atoms with E-state index in [9.17, 15) is 8.42 Å². The Kier molecular flexibility index (Phi) is 3.84. The lowest BCUT2D eigenvalue weighted by Crippen LogP contribution is -2.13. The van der Waals surface area contributed by atoms with Crippen LogP contribution in [0, 0.1) is 0 Å². The smallest absolute Gasteiger partial charge is 0.161 e. The minimum Gasteiger partial charge on any atom is -0.358 e. The molecule has 0 bridgehead atoms. The topological polar surface area (TPSA) is 74.1 Å². The number of rotatable bonds is 5. The van der Waals surface area contributed by atoms with Gasteiger partial charge in [0.15, 0.2) is 5.65 Å². The Balaban J connectivity index is 2.02. The van der Waals surface area contributed by atoms with Gasteiger partial charge >= 0.3 is 0 Å². The monoisotopic (exact) mass is 289 g/mol. The summed E-state index contributed by atoms with van der Waals surface area (Å²) in [6.07, 6.45) is 2.82. The lowest BCUT2D eigenvalue weighted by atomic mass is 10.4. The minimum atomic E-state index is -3.01. The Morgan fingerprint density at radius 1 is 1.44 bits per heavy atom. The Hall–Kier alpha value is -1.18. The van der Waals surface area contributed by atoms with Crippen LogP contribution in [0.2, 0.25) is 5.15 Å². The average molecular weight is 290 g/mol. The van der Waals surface area contributed by atoms with Gasteiger partial charge in [0.2, 0.25) is 0 Å². The van der Waals surface area contributed by atoms with Crippen molar-refractivity contribution in [2.24, 2.45) is 0 Å². The van der Waals surface area contributed by atoms with Crippen molar-refractivity contribution in [3.8, 4) is 0 Å². The summed E-state index contributed by atoms with van der Waals surface area (Å²) in [5, 5.41) is 5.32. The third-order valence-electron chi connectivity index (χ3n) is 2.26. The highest BCUT2D eigenvalue weighted by molar-refractivity contribution is 7.90. The summed E-state index contributed by atoms with van der Waals surface area (Å²) in [7, 11) is -3.01. The number of sulfone groups is 1. The molecule has 0 aliphatic carbocycles. The van der Waals surface area contributed by atoms with Gasteiger partial charge in [0.1, 0.15) is 21.7 Å². The highest BCUT2D eigenvalue weighted by atomic mass is 35.5. The number of hydrogen-bond donors (Lipinski definition) is 0. The van der Waals surface area contributed by atoms with Crippen molar-refractivity contribution in [2.75, 3.05) is 18.6 Å². The lowest BCUT2D eigenvalue weighted by molar-refractivity contribution is 0.0832. The molecule has 8 heteroatoms. The Morgan fingerprint density at radius 2 is 2.22 bits per heavy atom. The first-order valence-electron chi connectivity index (χ1n) is 5.19. The van der Waals surface area contributed by atoms with Crippen molar-refractivity contribution in [3.05, 3.63) is 23.5 Å². The predicted molar refractivity (Wildman–Crippen MR) is 68.2 cm³/mol. The van der Waals surface area contributed by atoms with Gasteiger partial charge in [-0.3, -0.25) is 0 Å². The molecule has 0 unspecified atom stereocenters. The van der Waals surface area contributed by atoms with E-state index in [-0.39, 0.29) is 19.1 Å². The van der Waals surface area contributed by atoms with E-state index in [4.69, 9.17) is 16.3 Å². The largest absolute Gasteiger partial charge is 0.358 e. The number of fused-ring (bicyclic) bond motifs is 1. The van der Waals surface area contributed by atoms with Gasteiger partial charge in [0, 0.05) is 11.6 Å². The molecule has 2 aromatic heterocycles. The molecule has 0 saturated carbocycles. The summed E-state index contributed by atoms with van der Waals surface area (Å²) in [5.41, 5.74) is 0.613. The van der Waals surface area contributed by atoms with Crippen LogP contribution < -0.4 is 0 Å². The van der Waals surface area contributed by atoms with Crippen LogP contribution in [0.25, 0.3) is 11.0 Å². The van der Waals surface area contributed by atoms with Gasteiger partial charge in [0.05, 0.1) is 18.6 Å². The third kappa shape index (κ3) is 3.41. The average Bonchev–Trinajstić information content (AvgIpc) is 2.66. The molecule has 0 radical (unpaired) electrons. The lowest BCUT2D eigenvalue weighted by Gasteiger charge is -2.04. The maximum absolute atomic E-state index is 10.9. The Labute approximate surface area is 109 Å². The van der Waals surface area contributed by atoms with Gasteiger partial charge in [-0.1, -0.05) is 11.6 Å². The molecular weight excluding hydrogens is 278 g/mol. The van der Waals surface area contributed by atoms with E-state index in [2.05, 4.69) is 10.1 Å². The van der Waals surface area contributed by atoms with E-state index in [1.165, 1.54) is 10.9 Å². The standard InChI is InChI=1S/C10H12ClN3O3S/c1-18(15,16)5-4-17-7-14-10-8(6-12-14)2-3-9(11)13-10/h2-3,6H,4-5,7H2,1H3. The summed E-state index contributed by atoms with van der Waals surface area (Å²) in [4.78, 5) is 4.13. The highest BCUT2D eigenvalue weighted by Crippen LogP contribution is 2.14. The Morgan fingerprint density at radius 3 is 2.94 bits per heavy atom. The summed E-state index contributed by atoms with van der Waals surface area (Å²) in [6.45, 7) is 0.271. The van der Waals surface area contributed by atoms with Crippen molar-refractivity contribution < 1.29 is 13.2 Å². The molecule has 0 aromatic carbocycles. The second-order valence-corrected chi connectivity index (χ2v) is 6.51. The van der Waals surface area contributed by atoms with Crippen molar-refractivity contribution in [3.63, 3.8) is 0 Å². The van der Waals surface area contributed by atoms with Gasteiger partial charge in [-0.15, -0.1) is 0 Å². The van der Waals surface area contributed by atoms with Crippen LogP contribution in [-0.2, 0) is 21.3 Å². The van der Waals surface area contributed by atoms with Crippen LogP contribution in [0.4, 0.5) is 0 Å². The summed E-state index contributed by atoms with van der Waals surface area (Å²) in [6, 6.07) is 3.49. The van der Waals surface area contributed by atoms with Crippen molar-refractivity contribution >= 4 is 32.5 Å². The van der Waals surface area contributed by atoms with E-state index < -0.39 is 9.84 Å². The molecule has 0 saturated heterocycles. The van der Waals surface area contributed by atoms with Crippen LogP contribution in [0.15, 0.2) is 18.3 Å².